The van der Waals surface area contributed by atoms with E-state index in [1.165, 1.54) is 15.8 Å². The molecule has 11 heteroatoms. The molecule has 2 amide bonds. The number of nitrogens with two attached hydrogens (primary N) is 1. The summed E-state index contributed by atoms with van der Waals surface area (Å²) < 4.78 is 16.0. The van der Waals surface area contributed by atoms with E-state index in [4.69, 9.17) is 5.73 Å². The molecule has 1 aromatic carbocycles. The molecule has 0 aliphatic carbocycles. The van der Waals surface area contributed by atoms with Crippen LogP contribution in [0.1, 0.15) is 20.7 Å². The molecule has 0 saturated carbocycles. The number of amides is 2. The average Bonchev–Trinajstić information content (AvgIpc) is 3.51. The van der Waals surface area contributed by atoms with Crippen LogP contribution in [0, 0.1) is 5.82 Å². The van der Waals surface area contributed by atoms with Crippen molar-refractivity contribution in [2.24, 2.45) is 0 Å². The molecule has 172 valence electrons. The van der Waals surface area contributed by atoms with Gasteiger partial charge in [-0.05, 0) is 12.1 Å². The van der Waals surface area contributed by atoms with Crippen molar-refractivity contribution in [1.82, 2.24) is 29.5 Å². The normalized spacial score (nSPS) is 13.9. The molecule has 4 aromatic rings. The van der Waals surface area contributed by atoms with Crippen LogP contribution in [0.15, 0.2) is 55.0 Å². The number of benzene rings is 1. The first kappa shape index (κ1) is 21.3. The minimum absolute atomic E-state index is 0.0460. The van der Waals surface area contributed by atoms with Gasteiger partial charge in [-0.3, -0.25) is 14.4 Å². The second-order valence-electron chi connectivity index (χ2n) is 7.85. The van der Waals surface area contributed by atoms with E-state index in [1.54, 1.807) is 41.4 Å². The van der Waals surface area contributed by atoms with Crippen LogP contribution in [0.4, 0.5) is 10.2 Å². The summed E-state index contributed by atoms with van der Waals surface area (Å²) in [5.41, 5.74) is 6.35. The van der Waals surface area contributed by atoms with E-state index >= 15 is 0 Å². The fourth-order valence-corrected chi connectivity index (χ4v) is 4.04. The van der Waals surface area contributed by atoms with Gasteiger partial charge >= 0.3 is 0 Å². The molecule has 10 nitrogen and oxygen atoms in total. The number of ketones is 1. The zero-order chi connectivity index (χ0) is 23.8. The molecular weight excluding hydrogens is 441 g/mol. The first-order valence-corrected chi connectivity index (χ1v) is 10.6. The van der Waals surface area contributed by atoms with Gasteiger partial charge in [0.15, 0.2) is 11.6 Å². The van der Waals surface area contributed by atoms with Gasteiger partial charge in [-0.25, -0.2) is 14.1 Å². The largest absolute Gasteiger partial charge is 0.382 e. The van der Waals surface area contributed by atoms with Crippen molar-refractivity contribution in [2.45, 2.75) is 0 Å². The molecule has 1 fully saturated rings. The zero-order valence-corrected chi connectivity index (χ0v) is 17.9. The zero-order valence-electron chi connectivity index (χ0n) is 17.9. The van der Waals surface area contributed by atoms with Crippen molar-refractivity contribution >= 4 is 34.3 Å². The van der Waals surface area contributed by atoms with Crippen LogP contribution >= 0.6 is 0 Å². The van der Waals surface area contributed by atoms with Gasteiger partial charge in [0.25, 0.3) is 17.6 Å². The van der Waals surface area contributed by atoms with Crippen LogP contribution in [0.3, 0.4) is 0 Å². The number of aromatic amines is 1. The van der Waals surface area contributed by atoms with Gasteiger partial charge in [0, 0.05) is 50.2 Å². The first-order valence-electron chi connectivity index (χ1n) is 10.6. The lowest BCUT2D eigenvalue weighted by Crippen LogP contribution is -2.52. The fourth-order valence-electron chi connectivity index (χ4n) is 4.04. The van der Waals surface area contributed by atoms with Crippen LogP contribution in [0.25, 0.3) is 16.7 Å². The third kappa shape index (κ3) is 3.66. The molecule has 3 aromatic heterocycles. The highest BCUT2D eigenvalue weighted by molar-refractivity contribution is 6.45. The van der Waals surface area contributed by atoms with Crippen LogP contribution < -0.4 is 5.73 Å². The van der Waals surface area contributed by atoms with Gasteiger partial charge in [0.1, 0.15) is 5.82 Å². The molecular formula is C23H20FN7O3. The molecule has 0 unspecified atom stereocenters. The molecule has 1 aliphatic heterocycles. The minimum Gasteiger partial charge on any atom is -0.382 e. The Morgan fingerprint density at radius 2 is 1.71 bits per heavy atom. The van der Waals surface area contributed by atoms with Crippen molar-refractivity contribution in [3.05, 3.63) is 71.9 Å². The van der Waals surface area contributed by atoms with E-state index in [1.807, 2.05) is 6.07 Å². The molecule has 5 rings (SSSR count). The molecule has 3 N–H and O–H groups in total. The van der Waals surface area contributed by atoms with Crippen LogP contribution in [0.5, 0.6) is 0 Å². The van der Waals surface area contributed by atoms with Crippen molar-refractivity contribution in [3.63, 3.8) is 0 Å². The van der Waals surface area contributed by atoms with Crippen molar-refractivity contribution in [2.75, 3.05) is 31.9 Å². The predicted octanol–water partition coefficient (Wildman–Crippen LogP) is 1.64. The number of carbonyl (C=O) groups is 3. The number of piperazine rings is 1. The summed E-state index contributed by atoms with van der Waals surface area (Å²) in [6.07, 6.45) is 3.82. The number of hydrogen-bond acceptors (Lipinski definition) is 6. The summed E-state index contributed by atoms with van der Waals surface area (Å²) in [4.78, 5) is 48.5. The van der Waals surface area contributed by atoms with Gasteiger partial charge in [-0.15, -0.1) is 5.10 Å². The monoisotopic (exact) mass is 461 g/mol. The smallest absolute Gasteiger partial charge is 0.295 e. The Morgan fingerprint density at radius 3 is 2.38 bits per heavy atom. The Hall–Kier alpha value is -4.54. The maximum Gasteiger partial charge on any atom is 0.295 e. The second kappa shape index (κ2) is 8.43. The van der Waals surface area contributed by atoms with Crippen molar-refractivity contribution < 1.29 is 18.8 Å². The number of nitrogens with zero attached hydrogens (tertiary/aromatic N) is 5. The highest BCUT2D eigenvalue weighted by Gasteiger charge is 2.31. The van der Waals surface area contributed by atoms with Gasteiger partial charge in [-0.1, -0.05) is 18.2 Å². The Morgan fingerprint density at radius 1 is 1.00 bits per heavy atom. The number of halogens is 1. The maximum atomic E-state index is 14.7. The quantitative estimate of drug-likeness (QED) is 0.351. The van der Waals surface area contributed by atoms with E-state index in [0.717, 1.165) is 6.20 Å². The number of H-pyrrole nitrogens is 1. The maximum absolute atomic E-state index is 14.7. The molecule has 0 atom stereocenters. The lowest BCUT2D eigenvalue weighted by Gasteiger charge is -2.34. The van der Waals surface area contributed by atoms with E-state index in [0.29, 0.717) is 18.7 Å². The number of anilines is 1. The third-order valence-electron chi connectivity index (χ3n) is 5.78. The molecule has 0 spiro atoms. The topological polar surface area (TPSA) is 130 Å². The lowest BCUT2D eigenvalue weighted by molar-refractivity contribution is -0.127. The minimum atomic E-state index is -0.842. The average molecular weight is 461 g/mol. The van der Waals surface area contributed by atoms with Crippen LogP contribution in [-0.4, -0.2) is 73.3 Å². The molecule has 4 heterocycles. The molecule has 1 saturated heterocycles. The summed E-state index contributed by atoms with van der Waals surface area (Å²) in [5, 5.41) is 4.02. The van der Waals surface area contributed by atoms with E-state index in [-0.39, 0.29) is 47.1 Å². The van der Waals surface area contributed by atoms with Crippen LogP contribution in [-0.2, 0) is 4.79 Å². The molecule has 1 aliphatic rings. The number of carbonyl (C=O) groups excluding carboxylic acids is 3. The summed E-state index contributed by atoms with van der Waals surface area (Å²) in [6.45, 7) is 0.994. The van der Waals surface area contributed by atoms with E-state index < -0.39 is 17.5 Å². The number of hydrogen-bond donors (Lipinski definition) is 2. The standard InChI is InChI=1S/C23H20FN7O3/c24-16-13-27-21(31-7-6-17(25)28-31)19-18(16)15(12-26-19)20(32)23(34)30-10-8-29(9-11-30)22(33)14-4-2-1-3-5-14/h1-7,12-13,26H,8-11H2,(H2,25,28). The lowest BCUT2D eigenvalue weighted by atomic mass is 10.1. The molecule has 0 bridgehead atoms. The van der Waals surface area contributed by atoms with E-state index in [2.05, 4.69) is 15.1 Å². The Labute approximate surface area is 192 Å². The highest BCUT2D eigenvalue weighted by Crippen LogP contribution is 2.26. The highest BCUT2D eigenvalue weighted by atomic mass is 19.1. The number of aromatic nitrogens is 4. The van der Waals surface area contributed by atoms with Gasteiger partial charge < -0.3 is 20.5 Å². The summed E-state index contributed by atoms with van der Waals surface area (Å²) in [5.74, 6) is -1.97. The van der Waals surface area contributed by atoms with E-state index in [9.17, 15) is 18.8 Å². The number of rotatable bonds is 4. The Bertz CT molecular complexity index is 1400. The summed E-state index contributed by atoms with van der Waals surface area (Å²) in [7, 11) is 0. The number of pyridine rings is 1. The predicted molar refractivity (Wildman–Crippen MR) is 121 cm³/mol. The summed E-state index contributed by atoms with van der Waals surface area (Å²) in [6, 6.07) is 10.4. The van der Waals surface area contributed by atoms with Crippen molar-refractivity contribution in [3.8, 4) is 5.82 Å². The fraction of sp³-hybridized carbons (Fsp3) is 0.174. The molecule has 0 radical (unpaired) electrons. The number of fused-ring (bicyclic) bond motifs is 1. The molecule has 34 heavy (non-hydrogen) atoms. The van der Waals surface area contributed by atoms with Crippen molar-refractivity contribution in [1.29, 1.82) is 0 Å². The van der Waals surface area contributed by atoms with Gasteiger partial charge in [-0.2, -0.15) is 0 Å². The third-order valence-corrected chi connectivity index (χ3v) is 5.78. The number of Topliss-reactive ketones (excluding diaryl/α,β-unsaturated/α-hetero) is 1. The first-order chi connectivity index (χ1) is 16.4. The van der Waals surface area contributed by atoms with Crippen LogP contribution in [0.2, 0.25) is 0 Å². The number of nitrogen functional groups attached to an aromatic ring is 1. The Balaban J connectivity index is 1.35. The SMILES string of the molecule is Nc1ccn(-c2ncc(F)c3c(C(=O)C(=O)N4CCN(C(=O)c5ccccc5)CC4)c[nH]c23)n1. The van der Waals surface area contributed by atoms with Gasteiger partial charge in [0.05, 0.1) is 22.7 Å². The second-order valence-corrected chi connectivity index (χ2v) is 7.85. The summed E-state index contributed by atoms with van der Waals surface area (Å²) >= 11 is 0. The van der Waals surface area contributed by atoms with Gasteiger partial charge in [0.2, 0.25) is 0 Å². The Kier molecular flexibility index (Phi) is 5.28. The number of nitrogens with one attached hydrogen (secondary N) is 1.